The van der Waals surface area contributed by atoms with Gasteiger partial charge in [-0.3, -0.25) is 9.59 Å². The average molecular weight is 342 g/mol. The van der Waals surface area contributed by atoms with E-state index in [1.165, 1.54) is 11.3 Å². The van der Waals surface area contributed by atoms with Gasteiger partial charge in [0.15, 0.2) is 16.5 Å². The van der Waals surface area contributed by atoms with Crippen molar-refractivity contribution >= 4 is 33.4 Å². The number of thiazole rings is 1. The van der Waals surface area contributed by atoms with Crippen LogP contribution in [0.2, 0.25) is 0 Å². The summed E-state index contributed by atoms with van der Waals surface area (Å²) in [4.78, 5) is 28.1. The number of hydrogen-bond acceptors (Lipinski definition) is 6. The third-order valence-electron chi connectivity index (χ3n) is 3.89. The van der Waals surface area contributed by atoms with Crippen LogP contribution >= 0.6 is 11.3 Å². The Morgan fingerprint density at radius 1 is 1.29 bits per heavy atom. The van der Waals surface area contributed by atoms with Crippen molar-refractivity contribution < 1.29 is 18.7 Å². The van der Waals surface area contributed by atoms with Crippen molar-refractivity contribution in [2.45, 2.75) is 6.42 Å². The van der Waals surface area contributed by atoms with Gasteiger partial charge in [-0.15, -0.1) is 11.3 Å². The molecule has 0 saturated carbocycles. The van der Waals surface area contributed by atoms with Gasteiger partial charge in [0, 0.05) is 6.54 Å². The third kappa shape index (κ3) is 2.78. The van der Waals surface area contributed by atoms with Crippen LogP contribution in [0.1, 0.15) is 17.0 Å². The van der Waals surface area contributed by atoms with Crippen LogP contribution in [0.3, 0.4) is 0 Å². The molecule has 1 aliphatic heterocycles. The van der Waals surface area contributed by atoms with Crippen molar-refractivity contribution in [3.05, 3.63) is 42.2 Å². The molecule has 24 heavy (non-hydrogen) atoms. The second-order valence-electron chi connectivity index (χ2n) is 5.51. The van der Waals surface area contributed by atoms with E-state index in [4.69, 9.17) is 9.15 Å². The molecule has 1 atom stereocenters. The Bertz CT molecular complexity index is 881. The predicted molar refractivity (Wildman–Crippen MR) is 88.7 cm³/mol. The quantitative estimate of drug-likeness (QED) is 0.737. The van der Waals surface area contributed by atoms with Crippen LogP contribution < -0.4 is 5.32 Å². The number of carbonyl (C=O) groups excluding carboxylic acids is 2. The summed E-state index contributed by atoms with van der Waals surface area (Å²) in [5.41, 5.74) is 0.902. The number of cyclic esters (lactones) is 1. The Kier molecular flexibility index (Phi) is 3.78. The van der Waals surface area contributed by atoms with Crippen LogP contribution in [-0.2, 0) is 9.53 Å². The van der Waals surface area contributed by atoms with Crippen LogP contribution in [0.25, 0.3) is 21.0 Å². The second-order valence-corrected chi connectivity index (χ2v) is 6.54. The first-order chi connectivity index (χ1) is 11.7. The lowest BCUT2D eigenvalue weighted by atomic mass is 10.1. The van der Waals surface area contributed by atoms with E-state index in [1.54, 1.807) is 12.1 Å². The van der Waals surface area contributed by atoms with Gasteiger partial charge in [-0.1, -0.05) is 12.1 Å². The van der Waals surface area contributed by atoms with Crippen molar-refractivity contribution in [2.75, 3.05) is 13.2 Å². The summed E-state index contributed by atoms with van der Waals surface area (Å²) in [7, 11) is 0. The van der Waals surface area contributed by atoms with Crippen molar-refractivity contribution in [1.82, 2.24) is 10.3 Å². The smallest absolute Gasteiger partial charge is 0.310 e. The molecule has 0 bridgehead atoms. The zero-order valence-electron chi connectivity index (χ0n) is 12.7. The maximum atomic E-state index is 12.2. The number of para-hydroxylation sites is 1. The van der Waals surface area contributed by atoms with Gasteiger partial charge in [0.2, 0.25) is 0 Å². The zero-order valence-corrected chi connectivity index (χ0v) is 13.5. The molecule has 3 heterocycles. The molecular weight excluding hydrogens is 328 g/mol. The van der Waals surface area contributed by atoms with Crippen LogP contribution in [0.5, 0.6) is 0 Å². The van der Waals surface area contributed by atoms with Gasteiger partial charge in [0.05, 0.1) is 22.7 Å². The Morgan fingerprint density at radius 2 is 2.17 bits per heavy atom. The van der Waals surface area contributed by atoms with E-state index in [-0.39, 0.29) is 30.1 Å². The van der Waals surface area contributed by atoms with Crippen LogP contribution in [-0.4, -0.2) is 30.0 Å². The number of benzene rings is 1. The summed E-state index contributed by atoms with van der Waals surface area (Å²) in [5.74, 6) is -0.114. The molecule has 0 aliphatic carbocycles. The first kappa shape index (κ1) is 14.9. The molecule has 6 nitrogen and oxygen atoms in total. The molecule has 1 N–H and O–H groups in total. The number of rotatable bonds is 4. The van der Waals surface area contributed by atoms with Gasteiger partial charge in [0.1, 0.15) is 0 Å². The summed E-state index contributed by atoms with van der Waals surface area (Å²) in [5, 5.41) is 3.44. The fourth-order valence-electron chi connectivity index (χ4n) is 2.58. The number of ether oxygens (including phenoxy) is 1. The molecule has 0 spiro atoms. The minimum Gasteiger partial charge on any atom is -0.465 e. The highest BCUT2D eigenvalue weighted by Gasteiger charge is 2.27. The van der Waals surface area contributed by atoms with E-state index < -0.39 is 0 Å². The predicted octanol–water partition coefficient (Wildman–Crippen LogP) is 2.85. The lowest BCUT2D eigenvalue weighted by molar-refractivity contribution is -0.141. The highest BCUT2D eigenvalue weighted by atomic mass is 32.1. The van der Waals surface area contributed by atoms with Gasteiger partial charge in [-0.25, -0.2) is 4.98 Å². The number of hydrogen-bond donors (Lipinski definition) is 1. The Hall–Kier alpha value is -2.67. The summed E-state index contributed by atoms with van der Waals surface area (Å²) >= 11 is 1.51. The molecule has 1 saturated heterocycles. The molecule has 1 amide bonds. The molecule has 1 unspecified atom stereocenters. The van der Waals surface area contributed by atoms with Crippen molar-refractivity contribution in [1.29, 1.82) is 0 Å². The van der Waals surface area contributed by atoms with E-state index in [1.807, 2.05) is 24.3 Å². The molecule has 0 radical (unpaired) electrons. The van der Waals surface area contributed by atoms with Crippen LogP contribution in [0.4, 0.5) is 0 Å². The third-order valence-corrected chi connectivity index (χ3v) is 4.94. The molecule has 1 aliphatic rings. The molecule has 1 fully saturated rings. The van der Waals surface area contributed by atoms with Gasteiger partial charge in [-0.05, 0) is 30.7 Å². The van der Waals surface area contributed by atoms with E-state index in [2.05, 4.69) is 10.3 Å². The lowest BCUT2D eigenvalue weighted by Gasteiger charge is -2.06. The van der Waals surface area contributed by atoms with E-state index >= 15 is 0 Å². The SMILES string of the molecule is O=C(NCC1CCOC1=O)c1ccc(-c2nc3ccccc3s2)o1. The van der Waals surface area contributed by atoms with Crippen LogP contribution in [0.15, 0.2) is 40.8 Å². The number of carbonyl (C=O) groups is 2. The monoisotopic (exact) mass is 342 g/mol. The minimum atomic E-state index is -0.345. The first-order valence-corrected chi connectivity index (χ1v) is 8.43. The summed E-state index contributed by atoms with van der Waals surface area (Å²) in [6, 6.07) is 11.2. The molecule has 122 valence electrons. The van der Waals surface area contributed by atoms with Crippen molar-refractivity contribution in [3.63, 3.8) is 0 Å². The summed E-state index contributed by atoms with van der Waals surface area (Å²) < 4.78 is 11.6. The molecule has 4 rings (SSSR count). The fraction of sp³-hybridized carbons (Fsp3) is 0.235. The van der Waals surface area contributed by atoms with Crippen LogP contribution in [0, 0.1) is 5.92 Å². The Balaban J connectivity index is 1.47. The highest BCUT2D eigenvalue weighted by molar-refractivity contribution is 7.21. The van der Waals surface area contributed by atoms with E-state index in [0.29, 0.717) is 18.8 Å². The zero-order chi connectivity index (χ0) is 16.5. The molecule has 7 heteroatoms. The van der Waals surface area contributed by atoms with Gasteiger partial charge >= 0.3 is 5.97 Å². The van der Waals surface area contributed by atoms with E-state index in [0.717, 1.165) is 15.2 Å². The number of aromatic nitrogens is 1. The number of furan rings is 1. The highest BCUT2D eigenvalue weighted by Crippen LogP contribution is 2.31. The van der Waals surface area contributed by atoms with Crippen molar-refractivity contribution in [2.24, 2.45) is 5.92 Å². The number of fused-ring (bicyclic) bond motifs is 1. The Morgan fingerprint density at radius 3 is 2.96 bits per heavy atom. The first-order valence-electron chi connectivity index (χ1n) is 7.61. The Labute approximate surface area is 141 Å². The minimum absolute atomic E-state index is 0.204. The van der Waals surface area contributed by atoms with Gasteiger partial charge in [-0.2, -0.15) is 0 Å². The number of esters is 1. The topological polar surface area (TPSA) is 81.4 Å². The standard InChI is InChI=1S/C17H14N2O4S/c20-15(18-9-10-7-8-22-17(10)21)12-5-6-13(23-12)16-19-11-3-1-2-4-14(11)24-16/h1-6,10H,7-9H2,(H,18,20). The average Bonchev–Trinajstić information content (AvgIpc) is 3.31. The summed E-state index contributed by atoms with van der Waals surface area (Å²) in [6.07, 6.45) is 0.633. The molecular formula is C17H14N2O4S. The maximum absolute atomic E-state index is 12.2. The van der Waals surface area contributed by atoms with Gasteiger partial charge in [0.25, 0.3) is 5.91 Å². The molecule has 3 aromatic rings. The number of nitrogens with zero attached hydrogens (tertiary/aromatic N) is 1. The normalized spacial score (nSPS) is 17.2. The second kappa shape index (κ2) is 6.09. The largest absolute Gasteiger partial charge is 0.465 e. The van der Waals surface area contributed by atoms with Gasteiger partial charge < -0.3 is 14.5 Å². The lowest BCUT2D eigenvalue weighted by Crippen LogP contribution is -2.30. The van der Waals surface area contributed by atoms with E-state index in [9.17, 15) is 9.59 Å². The number of amides is 1. The fourth-order valence-corrected chi connectivity index (χ4v) is 3.51. The maximum Gasteiger partial charge on any atom is 0.310 e. The number of nitrogens with one attached hydrogen (secondary N) is 1. The summed E-state index contributed by atoms with van der Waals surface area (Å²) in [6.45, 7) is 0.677. The van der Waals surface area contributed by atoms with Crippen molar-refractivity contribution in [3.8, 4) is 10.8 Å². The molecule has 2 aromatic heterocycles. The molecule has 1 aromatic carbocycles.